The highest BCUT2D eigenvalue weighted by atomic mass is 16.5. The average Bonchev–Trinajstić information content (AvgIpc) is 3.09. The average molecular weight is 662 g/mol. The molecule has 0 heterocycles. The number of nitrogens with zero attached hydrogens (tertiary/aromatic N) is 3. The van der Waals surface area contributed by atoms with Gasteiger partial charge in [0.2, 0.25) is 0 Å². The smallest absolute Gasteiger partial charge is 0.123 e. The first-order valence-electron chi connectivity index (χ1n) is 19.4. The topological polar surface area (TPSA) is 76.2 Å². The summed E-state index contributed by atoms with van der Waals surface area (Å²) in [7, 11) is 1.75. The minimum Gasteiger partial charge on any atom is -0.494 e. The third-order valence-electron chi connectivity index (χ3n) is 9.37. The molecule has 0 bridgehead atoms. The van der Waals surface area contributed by atoms with Gasteiger partial charge in [0.05, 0.1) is 37.3 Å². The van der Waals surface area contributed by atoms with Crippen LogP contribution >= 0.6 is 0 Å². The molecule has 2 aromatic rings. The molecule has 2 aromatic carbocycles. The molecule has 2 atom stereocenters. The standard InChI is InChI=1S/C42H67N3O3/c1-6-10-11-12-13-14-15-16-17-18-19-20-21-29-42(35-43,37-24-22-26-39(33-37)46-7-2)30-23-25-38(45-44-5)28-27-36-31-40(47-8-3)34-41(32-36)48-9-4/h22,24,26,31-34,38H,6-21,23,25,27-30H2,1-5H3. The molecule has 0 aliphatic rings. The number of rotatable bonds is 29. The zero-order valence-corrected chi connectivity index (χ0v) is 31.2. The van der Waals surface area contributed by atoms with Crippen LogP contribution in [0.25, 0.3) is 0 Å². The molecule has 0 aliphatic carbocycles. The summed E-state index contributed by atoms with van der Waals surface area (Å²) in [6.07, 6.45) is 22.5. The lowest BCUT2D eigenvalue weighted by molar-refractivity contribution is 0.322. The van der Waals surface area contributed by atoms with Crippen molar-refractivity contribution in [1.82, 2.24) is 0 Å². The molecule has 2 unspecified atom stereocenters. The van der Waals surface area contributed by atoms with Gasteiger partial charge in [-0.1, -0.05) is 103 Å². The van der Waals surface area contributed by atoms with Crippen molar-refractivity contribution in [2.45, 2.75) is 161 Å². The monoisotopic (exact) mass is 662 g/mol. The Morgan fingerprint density at radius 2 is 1.19 bits per heavy atom. The van der Waals surface area contributed by atoms with E-state index in [1.807, 2.05) is 39.0 Å². The van der Waals surface area contributed by atoms with Gasteiger partial charge < -0.3 is 14.2 Å². The third kappa shape index (κ3) is 16.4. The number of hydrogen-bond donors (Lipinski definition) is 0. The highest BCUT2D eigenvalue weighted by Gasteiger charge is 2.32. The highest BCUT2D eigenvalue weighted by molar-refractivity contribution is 5.39. The van der Waals surface area contributed by atoms with Crippen LogP contribution in [0.2, 0.25) is 0 Å². The fraction of sp³-hybridized carbons (Fsp3) is 0.690. The van der Waals surface area contributed by atoms with Crippen molar-refractivity contribution in [2.24, 2.45) is 10.2 Å². The Bertz CT molecular complexity index is 1150. The Kier molecular flexibility index (Phi) is 22.2. The summed E-state index contributed by atoms with van der Waals surface area (Å²) >= 11 is 0. The van der Waals surface area contributed by atoms with Gasteiger partial charge in [-0.2, -0.15) is 15.5 Å². The van der Waals surface area contributed by atoms with Crippen LogP contribution in [0, 0.1) is 11.3 Å². The molecule has 0 saturated carbocycles. The second kappa shape index (κ2) is 25.9. The van der Waals surface area contributed by atoms with E-state index in [4.69, 9.17) is 14.2 Å². The lowest BCUT2D eigenvalue weighted by Crippen LogP contribution is -2.25. The first kappa shape index (κ1) is 41.1. The number of hydrogen-bond acceptors (Lipinski definition) is 6. The fourth-order valence-corrected chi connectivity index (χ4v) is 6.76. The molecule has 0 aromatic heterocycles. The first-order chi connectivity index (χ1) is 23.5. The fourth-order valence-electron chi connectivity index (χ4n) is 6.76. The molecule has 0 amide bonds. The van der Waals surface area contributed by atoms with Crippen LogP contribution < -0.4 is 14.2 Å². The summed E-state index contributed by atoms with van der Waals surface area (Å²) in [4.78, 5) is 0. The molecule has 0 fully saturated rings. The van der Waals surface area contributed by atoms with Crippen LogP contribution in [0.4, 0.5) is 0 Å². The SMILES string of the molecule is CCCCCCCCCCCCCCCC(C#N)(CCCC(CCc1cc(OCC)cc(OCC)c1)N=NC)c1cccc(OCC)c1. The normalized spacial score (nSPS) is 13.2. The van der Waals surface area contributed by atoms with Crippen molar-refractivity contribution in [3.05, 3.63) is 53.6 Å². The lowest BCUT2D eigenvalue weighted by atomic mass is 9.73. The van der Waals surface area contributed by atoms with Crippen molar-refractivity contribution in [1.29, 1.82) is 5.26 Å². The second-order valence-electron chi connectivity index (χ2n) is 13.2. The van der Waals surface area contributed by atoms with Gasteiger partial charge in [-0.15, -0.1) is 0 Å². The Morgan fingerprint density at radius 3 is 1.73 bits per heavy atom. The van der Waals surface area contributed by atoms with Crippen LogP contribution in [0.3, 0.4) is 0 Å². The first-order valence-corrected chi connectivity index (χ1v) is 19.4. The Hall–Kier alpha value is -3.07. The summed E-state index contributed by atoms with van der Waals surface area (Å²) in [5, 5.41) is 19.5. The molecule has 0 spiro atoms. The number of nitriles is 1. The summed E-state index contributed by atoms with van der Waals surface area (Å²) in [6, 6.07) is 17.3. The van der Waals surface area contributed by atoms with Gasteiger partial charge in [0.25, 0.3) is 0 Å². The van der Waals surface area contributed by atoms with E-state index in [0.717, 1.165) is 67.8 Å². The maximum atomic E-state index is 10.7. The number of aryl methyl sites for hydroxylation is 1. The molecular formula is C42H67N3O3. The van der Waals surface area contributed by atoms with Crippen LogP contribution in [0.15, 0.2) is 52.7 Å². The zero-order chi connectivity index (χ0) is 34.7. The molecule has 48 heavy (non-hydrogen) atoms. The molecule has 0 N–H and O–H groups in total. The van der Waals surface area contributed by atoms with Gasteiger partial charge >= 0.3 is 0 Å². The van der Waals surface area contributed by atoms with Crippen molar-refractivity contribution in [2.75, 3.05) is 26.9 Å². The van der Waals surface area contributed by atoms with Crippen molar-refractivity contribution in [3.63, 3.8) is 0 Å². The molecule has 0 aliphatic heterocycles. The maximum Gasteiger partial charge on any atom is 0.123 e. The van der Waals surface area contributed by atoms with Gasteiger partial charge in [-0.25, -0.2) is 0 Å². The van der Waals surface area contributed by atoms with E-state index in [2.05, 4.69) is 47.5 Å². The molecule has 6 nitrogen and oxygen atoms in total. The Labute approximate surface area is 294 Å². The van der Waals surface area contributed by atoms with Crippen LogP contribution in [0.5, 0.6) is 17.2 Å². The molecule has 0 radical (unpaired) electrons. The predicted molar refractivity (Wildman–Crippen MR) is 201 cm³/mol. The molecule has 2 rings (SSSR count). The largest absolute Gasteiger partial charge is 0.494 e. The van der Waals surface area contributed by atoms with E-state index in [1.54, 1.807) is 7.05 Å². The van der Waals surface area contributed by atoms with E-state index in [9.17, 15) is 5.26 Å². The van der Waals surface area contributed by atoms with Gasteiger partial charge in [-0.05, 0) is 94.7 Å². The second-order valence-corrected chi connectivity index (χ2v) is 13.2. The highest BCUT2D eigenvalue weighted by Crippen LogP contribution is 2.37. The van der Waals surface area contributed by atoms with Crippen LogP contribution in [-0.2, 0) is 11.8 Å². The Balaban J connectivity index is 1.96. The quantitative estimate of drug-likeness (QED) is 0.0642. The van der Waals surface area contributed by atoms with Gasteiger partial charge in [0, 0.05) is 13.1 Å². The molecule has 268 valence electrons. The van der Waals surface area contributed by atoms with E-state index < -0.39 is 5.41 Å². The van der Waals surface area contributed by atoms with Crippen molar-refractivity contribution < 1.29 is 14.2 Å². The lowest BCUT2D eigenvalue weighted by Gasteiger charge is -2.28. The van der Waals surface area contributed by atoms with Gasteiger partial charge in [-0.3, -0.25) is 0 Å². The van der Waals surface area contributed by atoms with Crippen molar-refractivity contribution in [3.8, 4) is 23.3 Å². The molecular weight excluding hydrogens is 594 g/mol. The third-order valence-corrected chi connectivity index (χ3v) is 9.37. The predicted octanol–water partition coefficient (Wildman–Crippen LogP) is 12.4. The van der Waals surface area contributed by atoms with Crippen LogP contribution in [-0.4, -0.2) is 32.9 Å². The number of azo groups is 1. The van der Waals surface area contributed by atoms with E-state index in [1.165, 1.54) is 82.6 Å². The number of ether oxygens (including phenoxy) is 3. The summed E-state index contributed by atoms with van der Waals surface area (Å²) in [5.74, 6) is 2.53. The summed E-state index contributed by atoms with van der Waals surface area (Å²) < 4.78 is 17.4. The van der Waals surface area contributed by atoms with E-state index in [0.29, 0.717) is 19.8 Å². The van der Waals surface area contributed by atoms with Crippen molar-refractivity contribution >= 4 is 0 Å². The van der Waals surface area contributed by atoms with Gasteiger partial charge in [0.15, 0.2) is 0 Å². The molecule has 0 saturated heterocycles. The summed E-state index contributed by atoms with van der Waals surface area (Å²) in [5.41, 5.74) is 1.73. The van der Waals surface area contributed by atoms with E-state index >= 15 is 0 Å². The minimum absolute atomic E-state index is 0.101. The zero-order valence-electron chi connectivity index (χ0n) is 31.2. The van der Waals surface area contributed by atoms with E-state index in [-0.39, 0.29) is 6.04 Å². The Morgan fingerprint density at radius 1 is 0.646 bits per heavy atom. The number of unbranched alkanes of at least 4 members (excludes halogenated alkanes) is 12. The van der Waals surface area contributed by atoms with Gasteiger partial charge in [0.1, 0.15) is 17.2 Å². The maximum absolute atomic E-state index is 10.7. The van der Waals surface area contributed by atoms with Crippen LogP contribution in [0.1, 0.15) is 154 Å². The number of benzene rings is 2. The molecule has 6 heteroatoms. The minimum atomic E-state index is -0.531. The summed E-state index contributed by atoms with van der Waals surface area (Å²) in [6.45, 7) is 10.1.